The number of nitrogens with zero attached hydrogens (tertiary/aromatic N) is 1. The Labute approximate surface area is 191 Å². The van der Waals surface area contributed by atoms with Gasteiger partial charge in [0.2, 0.25) is 5.91 Å². The lowest BCUT2D eigenvalue weighted by Gasteiger charge is -2.26. The van der Waals surface area contributed by atoms with Gasteiger partial charge in [-0.25, -0.2) is 0 Å². The Balaban J connectivity index is 1.66. The van der Waals surface area contributed by atoms with Crippen LogP contribution in [0.3, 0.4) is 0 Å². The summed E-state index contributed by atoms with van der Waals surface area (Å²) in [6.07, 6.45) is 3.28. The van der Waals surface area contributed by atoms with Crippen LogP contribution >= 0.6 is 0 Å². The molecule has 0 radical (unpaired) electrons. The Morgan fingerprint density at radius 3 is 2.44 bits per heavy atom. The van der Waals surface area contributed by atoms with Crippen molar-refractivity contribution in [2.45, 2.75) is 64.6 Å². The number of carbonyl (C=O) groups excluding carboxylic acids is 3. The molecule has 2 aliphatic heterocycles. The van der Waals surface area contributed by atoms with Crippen LogP contribution in [0.5, 0.6) is 0 Å². The molecule has 7 nitrogen and oxygen atoms in total. The monoisotopic (exact) mass is 443 g/mol. The summed E-state index contributed by atoms with van der Waals surface area (Å²) in [6, 6.07) is 7.51. The van der Waals surface area contributed by atoms with Crippen molar-refractivity contribution in [3.05, 3.63) is 35.9 Å². The van der Waals surface area contributed by atoms with E-state index in [1.54, 1.807) is 24.3 Å². The standard InChI is InChI=1S/C25H37N3O4/c1-17(2)18(3)11-12-20(26-24(30)19-9-5-4-6-10-19)25(31)27-23-21(29)16-32-22(23)15-28-13-7-8-14-28/h4-6,9-10,17-18,20,22-23H,7-8,11-16H2,1-3H3,(H,26,30)(H,27,31)/t18?,20-,22?,23?/m0/s1. The van der Waals surface area contributed by atoms with Gasteiger partial charge >= 0.3 is 0 Å². The van der Waals surface area contributed by atoms with Crippen LogP contribution in [0.1, 0.15) is 56.8 Å². The summed E-state index contributed by atoms with van der Waals surface area (Å²) < 4.78 is 5.71. The first-order valence-electron chi connectivity index (χ1n) is 11.9. The number of ether oxygens (including phenoxy) is 1. The van der Waals surface area contributed by atoms with Crippen LogP contribution in [0.25, 0.3) is 0 Å². The van der Waals surface area contributed by atoms with Crippen molar-refractivity contribution >= 4 is 17.6 Å². The van der Waals surface area contributed by atoms with Gasteiger partial charge in [-0.2, -0.15) is 0 Å². The maximum atomic E-state index is 13.2. The van der Waals surface area contributed by atoms with Gasteiger partial charge < -0.3 is 20.3 Å². The van der Waals surface area contributed by atoms with Crippen molar-refractivity contribution in [2.24, 2.45) is 11.8 Å². The van der Waals surface area contributed by atoms with Gasteiger partial charge in [-0.15, -0.1) is 0 Å². The number of hydrogen-bond acceptors (Lipinski definition) is 5. The van der Waals surface area contributed by atoms with Crippen molar-refractivity contribution in [2.75, 3.05) is 26.2 Å². The molecule has 2 aliphatic rings. The van der Waals surface area contributed by atoms with Crippen LogP contribution in [0, 0.1) is 11.8 Å². The van der Waals surface area contributed by atoms with Crippen LogP contribution < -0.4 is 10.6 Å². The Kier molecular flexibility index (Phi) is 8.82. The van der Waals surface area contributed by atoms with Gasteiger partial charge in [0.25, 0.3) is 5.91 Å². The quantitative estimate of drug-likeness (QED) is 0.580. The van der Waals surface area contributed by atoms with Crippen LogP contribution in [0.2, 0.25) is 0 Å². The molecule has 2 fully saturated rings. The number of rotatable bonds is 10. The third kappa shape index (κ3) is 6.62. The second kappa shape index (κ2) is 11.6. The van der Waals surface area contributed by atoms with Gasteiger partial charge in [-0.05, 0) is 62.7 Å². The molecule has 32 heavy (non-hydrogen) atoms. The van der Waals surface area contributed by atoms with Gasteiger partial charge in [-0.1, -0.05) is 39.0 Å². The third-order valence-corrected chi connectivity index (χ3v) is 6.80. The second-order valence-corrected chi connectivity index (χ2v) is 9.50. The van der Waals surface area contributed by atoms with Crippen molar-refractivity contribution in [1.82, 2.24) is 15.5 Å². The number of likely N-dealkylation sites (tertiary alicyclic amines) is 1. The summed E-state index contributed by atoms with van der Waals surface area (Å²) in [5.41, 5.74) is 0.509. The van der Waals surface area contributed by atoms with Gasteiger partial charge in [0.05, 0.1) is 6.10 Å². The fourth-order valence-corrected chi connectivity index (χ4v) is 4.25. The van der Waals surface area contributed by atoms with Crippen molar-refractivity contribution in [3.63, 3.8) is 0 Å². The van der Waals surface area contributed by atoms with E-state index in [9.17, 15) is 14.4 Å². The molecule has 2 amide bonds. The van der Waals surface area contributed by atoms with Crippen LogP contribution in [0.4, 0.5) is 0 Å². The molecule has 0 bridgehead atoms. The minimum absolute atomic E-state index is 0.0227. The Morgan fingerprint density at radius 2 is 1.78 bits per heavy atom. The van der Waals surface area contributed by atoms with Crippen molar-refractivity contribution in [3.8, 4) is 0 Å². The smallest absolute Gasteiger partial charge is 0.251 e. The molecule has 2 heterocycles. The van der Waals surface area contributed by atoms with E-state index < -0.39 is 12.1 Å². The van der Waals surface area contributed by atoms with E-state index in [-0.39, 0.29) is 30.3 Å². The fraction of sp³-hybridized carbons (Fsp3) is 0.640. The number of ketones is 1. The number of nitrogens with one attached hydrogen (secondary N) is 2. The molecule has 1 aromatic rings. The molecule has 0 aliphatic carbocycles. The normalized spacial score (nSPS) is 23.3. The van der Waals surface area contributed by atoms with Crippen LogP contribution in [-0.2, 0) is 14.3 Å². The molecule has 3 unspecified atom stereocenters. The molecular weight excluding hydrogens is 406 g/mol. The molecule has 0 saturated carbocycles. The first kappa shape index (κ1) is 24.4. The Hall–Kier alpha value is -2.25. The average molecular weight is 444 g/mol. The lowest BCUT2D eigenvalue weighted by atomic mass is 9.91. The summed E-state index contributed by atoms with van der Waals surface area (Å²) in [5.74, 6) is 0.189. The first-order valence-corrected chi connectivity index (χ1v) is 11.9. The van der Waals surface area contributed by atoms with E-state index in [0.717, 1.165) is 32.4 Å². The highest BCUT2D eigenvalue weighted by molar-refractivity contribution is 5.98. The van der Waals surface area contributed by atoms with Gasteiger partial charge in [0, 0.05) is 12.1 Å². The molecule has 4 atom stereocenters. The molecule has 1 aromatic carbocycles. The number of amides is 2. The predicted molar refractivity (Wildman–Crippen MR) is 123 cm³/mol. The molecule has 0 aromatic heterocycles. The van der Waals surface area contributed by atoms with E-state index in [1.807, 2.05) is 6.07 Å². The SMILES string of the molecule is CC(C)C(C)CC[C@H](NC(=O)c1ccccc1)C(=O)NC1C(=O)COC1CN1CCCC1. The van der Waals surface area contributed by atoms with E-state index >= 15 is 0 Å². The van der Waals surface area contributed by atoms with Crippen LogP contribution in [-0.4, -0.2) is 66.9 Å². The topological polar surface area (TPSA) is 87.7 Å². The summed E-state index contributed by atoms with van der Waals surface area (Å²) in [7, 11) is 0. The summed E-state index contributed by atoms with van der Waals surface area (Å²) in [5, 5.41) is 5.80. The van der Waals surface area contributed by atoms with Crippen LogP contribution in [0.15, 0.2) is 30.3 Å². The highest BCUT2D eigenvalue weighted by atomic mass is 16.5. The lowest BCUT2D eigenvalue weighted by molar-refractivity contribution is -0.127. The summed E-state index contributed by atoms with van der Waals surface area (Å²) in [6.45, 7) is 9.12. The molecule has 2 saturated heterocycles. The van der Waals surface area contributed by atoms with E-state index in [4.69, 9.17) is 4.74 Å². The highest BCUT2D eigenvalue weighted by Gasteiger charge is 2.39. The van der Waals surface area contributed by atoms with E-state index in [1.165, 1.54) is 0 Å². The third-order valence-electron chi connectivity index (χ3n) is 6.80. The average Bonchev–Trinajstić information content (AvgIpc) is 3.42. The molecule has 0 spiro atoms. The number of benzene rings is 1. The fourth-order valence-electron chi connectivity index (χ4n) is 4.25. The highest BCUT2D eigenvalue weighted by Crippen LogP contribution is 2.19. The molecule has 176 valence electrons. The summed E-state index contributed by atoms with van der Waals surface area (Å²) >= 11 is 0. The minimum Gasteiger partial charge on any atom is -0.366 e. The predicted octanol–water partition coefficient (Wildman–Crippen LogP) is 2.41. The Morgan fingerprint density at radius 1 is 1.09 bits per heavy atom. The number of carbonyl (C=O) groups is 3. The zero-order valence-corrected chi connectivity index (χ0v) is 19.5. The molecule has 3 rings (SSSR count). The van der Waals surface area contributed by atoms with Gasteiger partial charge in [0.15, 0.2) is 5.78 Å². The molecule has 2 N–H and O–H groups in total. The maximum absolute atomic E-state index is 13.2. The number of Topliss-reactive ketones (excluding diaryl/α,β-unsaturated/α-hetero) is 1. The van der Waals surface area contributed by atoms with Gasteiger partial charge in [-0.3, -0.25) is 14.4 Å². The zero-order valence-electron chi connectivity index (χ0n) is 19.5. The minimum atomic E-state index is -0.704. The molecule has 7 heteroatoms. The largest absolute Gasteiger partial charge is 0.366 e. The number of hydrogen-bond donors (Lipinski definition) is 2. The van der Waals surface area contributed by atoms with Crippen molar-refractivity contribution < 1.29 is 19.1 Å². The van der Waals surface area contributed by atoms with Crippen molar-refractivity contribution in [1.29, 1.82) is 0 Å². The van der Waals surface area contributed by atoms with E-state index in [0.29, 0.717) is 30.4 Å². The molecular formula is C25H37N3O4. The summed E-state index contributed by atoms with van der Waals surface area (Å²) in [4.78, 5) is 40.7. The Bertz CT molecular complexity index is 777. The maximum Gasteiger partial charge on any atom is 0.251 e. The van der Waals surface area contributed by atoms with E-state index in [2.05, 4.69) is 36.3 Å². The zero-order chi connectivity index (χ0) is 23.1. The van der Waals surface area contributed by atoms with Gasteiger partial charge in [0.1, 0.15) is 18.7 Å². The second-order valence-electron chi connectivity index (χ2n) is 9.50. The first-order chi connectivity index (χ1) is 15.3. The lowest BCUT2D eigenvalue weighted by Crippen LogP contribution is -2.54.